The van der Waals surface area contributed by atoms with Crippen LogP contribution in [-0.2, 0) is 9.47 Å². The number of aliphatic hydroxyl groups is 2. The van der Waals surface area contributed by atoms with E-state index in [-0.39, 0.29) is 42.6 Å². The first-order valence-corrected chi connectivity index (χ1v) is 11.6. The van der Waals surface area contributed by atoms with Crippen molar-refractivity contribution in [3.05, 3.63) is 47.8 Å². The second kappa shape index (κ2) is 8.36. The lowest BCUT2D eigenvalue weighted by Crippen LogP contribution is -2.34. The Morgan fingerprint density at radius 2 is 1.76 bits per heavy atom. The first-order valence-electron chi connectivity index (χ1n) is 11.6. The summed E-state index contributed by atoms with van der Waals surface area (Å²) in [6.07, 6.45) is 1.98. The molecule has 1 aromatic carbocycles. The number of hydrogen-bond acceptors (Lipinski definition) is 6. The van der Waals surface area contributed by atoms with Gasteiger partial charge in [-0.05, 0) is 18.4 Å². The van der Waals surface area contributed by atoms with E-state index < -0.39 is 11.9 Å². The molecule has 6 atom stereocenters. The molecule has 2 saturated heterocycles. The Morgan fingerprint density at radius 3 is 2.58 bits per heavy atom. The number of nitrogens with zero attached hydrogens (tertiary/aromatic N) is 1. The summed E-state index contributed by atoms with van der Waals surface area (Å²) in [5, 5.41) is 20.2. The highest BCUT2D eigenvalue weighted by Gasteiger charge is 2.48. The Morgan fingerprint density at radius 1 is 0.970 bits per heavy atom. The molecule has 6 rings (SSSR count). The van der Waals surface area contributed by atoms with E-state index in [2.05, 4.69) is 9.97 Å². The van der Waals surface area contributed by atoms with E-state index in [0.29, 0.717) is 29.1 Å². The third-order valence-corrected chi connectivity index (χ3v) is 7.13. The van der Waals surface area contributed by atoms with Gasteiger partial charge in [0.15, 0.2) is 17.8 Å². The van der Waals surface area contributed by atoms with Gasteiger partial charge in [0.2, 0.25) is 0 Å². The number of rotatable bonds is 4. The number of ether oxygens (including phenoxy) is 3. The zero-order valence-corrected chi connectivity index (χ0v) is 18.1. The van der Waals surface area contributed by atoms with Crippen LogP contribution in [0.15, 0.2) is 36.4 Å². The van der Waals surface area contributed by atoms with Crippen molar-refractivity contribution in [1.29, 1.82) is 0 Å². The van der Waals surface area contributed by atoms with Crippen LogP contribution in [0, 0.1) is 5.82 Å². The van der Waals surface area contributed by atoms with Gasteiger partial charge in [-0.25, -0.2) is 9.37 Å². The molecule has 0 radical (unpaired) electrons. The Labute approximate surface area is 190 Å². The van der Waals surface area contributed by atoms with Gasteiger partial charge in [-0.1, -0.05) is 37.1 Å². The van der Waals surface area contributed by atoms with E-state index in [4.69, 9.17) is 14.2 Å². The number of aromatic nitrogens is 2. The smallest absolute Gasteiger partial charge is 0.193 e. The number of fused-ring (bicyclic) bond motifs is 2. The summed E-state index contributed by atoms with van der Waals surface area (Å²) in [6.45, 7) is 0.549. The molecule has 2 aliphatic heterocycles. The van der Waals surface area contributed by atoms with Gasteiger partial charge in [0.1, 0.15) is 24.0 Å². The fourth-order valence-electron chi connectivity index (χ4n) is 5.37. The molecular weight excluding hydrogens is 427 g/mol. The standard InChI is InChI=1S/C25H27FN2O5/c26-16-9-17-18(10-22(27-17)33-21-12-32-24-20(30)11-31-25(21)24)28-23(16)14-7-5-13(6-8-14)15-3-1-2-4-19(15)29/h5-10,15,19-21,24-25,27,29-30H,1-4,11-12H2/t15-,19+,20+,21+,24+,25+/m0/s1. The molecule has 33 heavy (non-hydrogen) atoms. The minimum atomic E-state index is -0.641. The molecule has 174 valence electrons. The summed E-state index contributed by atoms with van der Waals surface area (Å²) in [4.78, 5) is 7.60. The third-order valence-electron chi connectivity index (χ3n) is 7.13. The zero-order valence-electron chi connectivity index (χ0n) is 18.1. The van der Waals surface area contributed by atoms with Crippen molar-refractivity contribution in [1.82, 2.24) is 9.97 Å². The van der Waals surface area contributed by atoms with Crippen molar-refractivity contribution < 1.29 is 28.8 Å². The topological polar surface area (TPSA) is 96.8 Å². The summed E-state index contributed by atoms with van der Waals surface area (Å²) in [7, 11) is 0. The Kier molecular flexibility index (Phi) is 5.33. The quantitative estimate of drug-likeness (QED) is 0.560. The minimum Gasteiger partial charge on any atom is -0.470 e. The normalized spacial score (nSPS) is 31.7. The van der Waals surface area contributed by atoms with Crippen molar-refractivity contribution in [3.63, 3.8) is 0 Å². The summed E-state index contributed by atoms with van der Waals surface area (Å²) < 4.78 is 32.1. The second-order valence-corrected chi connectivity index (χ2v) is 9.29. The van der Waals surface area contributed by atoms with E-state index in [9.17, 15) is 14.6 Å². The number of pyridine rings is 1. The first kappa shape index (κ1) is 21.0. The fraction of sp³-hybridized carbons (Fsp3) is 0.480. The van der Waals surface area contributed by atoms with Crippen LogP contribution in [0.5, 0.6) is 5.88 Å². The zero-order chi connectivity index (χ0) is 22.5. The van der Waals surface area contributed by atoms with Gasteiger partial charge >= 0.3 is 0 Å². The van der Waals surface area contributed by atoms with E-state index in [1.54, 1.807) is 6.07 Å². The van der Waals surface area contributed by atoms with Crippen molar-refractivity contribution in [2.45, 2.75) is 62.1 Å². The van der Waals surface area contributed by atoms with E-state index in [1.165, 1.54) is 6.07 Å². The van der Waals surface area contributed by atoms with Gasteiger partial charge < -0.3 is 29.4 Å². The number of H-pyrrole nitrogens is 1. The lowest BCUT2D eigenvalue weighted by molar-refractivity contribution is 0.00794. The highest BCUT2D eigenvalue weighted by atomic mass is 19.1. The maximum Gasteiger partial charge on any atom is 0.193 e. The van der Waals surface area contributed by atoms with Crippen LogP contribution >= 0.6 is 0 Å². The highest BCUT2D eigenvalue weighted by Crippen LogP contribution is 2.35. The molecule has 1 saturated carbocycles. The predicted octanol–water partition coefficient (Wildman–Crippen LogP) is 3.29. The Balaban J connectivity index is 1.23. The first-order chi connectivity index (χ1) is 16.1. The molecule has 0 spiro atoms. The Hall–Kier alpha value is -2.52. The van der Waals surface area contributed by atoms with Crippen LogP contribution in [-0.4, -0.2) is 63.9 Å². The summed E-state index contributed by atoms with van der Waals surface area (Å²) in [5.41, 5.74) is 3.18. The van der Waals surface area contributed by atoms with Gasteiger partial charge in [-0.2, -0.15) is 0 Å². The molecule has 2 aromatic heterocycles. The average Bonchev–Trinajstić information content (AvgIpc) is 3.50. The molecule has 4 heterocycles. The van der Waals surface area contributed by atoms with Crippen molar-refractivity contribution in [2.24, 2.45) is 0 Å². The van der Waals surface area contributed by atoms with Crippen LogP contribution in [0.1, 0.15) is 37.2 Å². The van der Waals surface area contributed by atoms with Crippen LogP contribution in [0.25, 0.3) is 22.3 Å². The lowest BCUT2D eigenvalue weighted by atomic mass is 9.81. The highest BCUT2D eigenvalue weighted by molar-refractivity contribution is 5.80. The van der Waals surface area contributed by atoms with Crippen LogP contribution < -0.4 is 4.74 Å². The summed E-state index contributed by atoms with van der Waals surface area (Å²) in [6, 6.07) is 10.8. The van der Waals surface area contributed by atoms with Crippen LogP contribution in [0.4, 0.5) is 4.39 Å². The summed E-state index contributed by atoms with van der Waals surface area (Å²) >= 11 is 0. The molecule has 0 unspecified atom stereocenters. The maximum absolute atomic E-state index is 14.9. The van der Waals surface area contributed by atoms with Crippen molar-refractivity contribution in [3.8, 4) is 17.1 Å². The maximum atomic E-state index is 14.9. The predicted molar refractivity (Wildman–Crippen MR) is 119 cm³/mol. The fourth-order valence-corrected chi connectivity index (χ4v) is 5.37. The molecule has 3 aromatic rings. The largest absolute Gasteiger partial charge is 0.470 e. The molecule has 3 aliphatic rings. The van der Waals surface area contributed by atoms with Gasteiger partial charge in [0.05, 0.1) is 30.4 Å². The molecule has 8 heteroatoms. The van der Waals surface area contributed by atoms with E-state index in [1.807, 2.05) is 24.3 Å². The monoisotopic (exact) mass is 454 g/mol. The van der Waals surface area contributed by atoms with Gasteiger partial charge in [-0.3, -0.25) is 0 Å². The number of aromatic amines is 1. The lowest BCUT2D eigenvalue weighted by Gasteiger charge is -2.28. The minimum absolute atomic E-state index is 0.140. The number of aliphatic hydroxyl groups excluding tert-OH is 2. The van der Waals surface area contributed by atoms with E-state index in [0.717, 1.165) is 31.2 Å². The van der Waals surface area contributed by atoms with E-state index >= 15 is 0 Å². The molecular formula is C25H27FN2O5. The van der Waals surface area contributed by atoms with Gasteiger partial charge in [0.25, 0.3) is 0 Å². The van der Waals surface area contributed by atoms with Gasteiger partial charge in [-0.15, -0.1) is 0 Å². The average molecular weight is 454 g/mol. The van der Waals surface area contributed by atoms with Crippen LogP contribution in [0.2, 0.25) is 0 Å². The Bertz CT molecular complexity index is 1150. The second-order valence-electron chi connectivity index (χ2n) is 9.29. The summed E-state index contributed by atoms with van der Waals surface area (Å²) in [5.74, 6) is 0.171. The SMILES string of the molecule is O[C@@H]1CO[C@H]2[C@@H]1OC[C@H]2Oc1cc2nc(-c3ccc([C@@H]4CCCC[C@H]4O)cc3)c(F)cc2[nH]1. The van der Waals surface area contributed by atoms with Crippen LogP contribution in [0.3, 0.4) is 0 Å². The number of hydrogen-bond donors (Lipinski definition) is 3. The van der Waals surface area contributed by atoms with Crippen molar-refractivity contribution >= 4 is 11.0 Å². The number of benzene rings is 1. The van der Waals surface area contributed by atoms with Gasteiger partial charge in [0, 0.05) is 23.6 Å². The third kappa shape index (κ3) is 3.81. The molecule has 3 N–H and O–H groups in total. The molecule has 0 bridgehead atoms. The molecule has 3 fully saturated rings. The number of nitrogens with one attached hydrogen (secondary N) is 1. The molecule has 1 aliphatic carbocycles. The molecule has 7 nitrogen and oxygen atoms in total. The molecule has 0 amide bonds. The number of halogens is 1. The van der Waals surface area contributed by atoms with Crippen molar-refractivity contribution in [2.75, 3.05) is 13.2 Å².